The van der Waals surface area contributed by atoms with E-state index in [0.29, 0.717) is 17.9 Å². The molecule has 23 heavy (non-hydrogen) atoms. The van der Waals surface area contributed by atoms with E-state index >= 15 is 0 Å². The Hall–Kier alpha value is -1.09. The van der Waals surface area contributed by atoms with Crippen molar-refractivity contribution in [2.24, 2.45) is 5.41 Å². The summed E-state index contributed by atoms with van der Waals surface area (Å²) in [4.78, 5) is 0. The molecular weight excluding hydrogens is 300 g/mol. The molecule has 0 aromatic heterocycles. The van der Waals surface area contributed by atoms with Gasteiger partial charge in [0.05, 0.1) is 0 Å². The van der Waals surface area contributed by atoms with Gasteiger partial charge in [0.1, 0.15) is 0 Å². The maximum absolute atomic E-state index is 5.62. The summed E-state index contributed by atoms with van der Waals surface area (Å²) in [5.74, 6) is 0.923. The lowest BCUT2D eigenvalue weighted by molar-refractivity contribution is 0.290. The minimum atomic E-state index is 0.179. The zero-order valence-corrected chi connectivity index (χ0v) is 16.9. The van der Waals surface area contributed by atoms with E-state index in [1.54, 1.807) is 0 Å². The van der Waals surface area contributed by atoms with Gasteiger partial charge in [-0.2, -0.15) is 0 Å². The van der Waals surface area contributed by atoms with Crippen molar-refractivity contribution in [2.75, 3.05) is 5.32 Å². The molecule has 2 N–H and O–H groups in total. The molecule has 1 atom stereocenters. The van der Waals surface area contributed by atoms with Crippen LogP contribution in [0.15, 0.2) is 18.2 Å². The molecule has 1 aromatic rings. The Labute approximate surface area is 148 Å². The smallest absolute Gasteiger partial charge is 0.171 e. The van der Waals surface area contributed by atoms with Crippen LogP contribution in [0.3, 0.4) is 0 Å². The Morgan fingerprint density at radius 1 is 1.04 bits per heavy atom. The molecule has 130 valence electrons. The van der Waals surface area contributed by atoms with Crippen LogP contribution < -0.4 is 10.6 Å². The van der Waals surface area contributed by atoms with E-state index in [9.17, 15) is 0 Å². The fourth-order valence-corrected chi connectivity index (χ4v) is 3.18. The average Bonchev–Trinajstić information content (AvgIpc) is 2.43. The van der Waals surface area contributed by atoms with Gasteiger partial charge < -0.3 is 10.6 Å². The fourth-order valence-electron chi connectivity index (χ4n) is 2.93. The lowest BCUT2D eigenvalue weighted by Gasteiger charge is -2.32. The Bertz CT molecular complexity index is 501. The third-order valence-corrected chi connectivity index (χ3v) is 4.59. The largest absolute Gasteiger partial charge is 0.359 e. The van der Waals surface area contributed by atoms with E-state index in [4.69, 9.17) is 12.2 Å². The highest BCUT2D eigenvalue weighted by atomic mass is 32.1. The molecule has 0 saturated heterocycles. The van der Waals surface area contributed by atoms with Crippen LogP contribution in [0.1, 0.15) is 84.8 Å². The molecule has 0 aliphatic carbocycles. The molecule has 0 aliphatic heterocycles. The van der Waals surface area contributed by atoms with Crippen LogP contribution >= 0.6 is 12.2 Å². The fraction of sp³-hybridized carbons (Fsp3) is 0.650. The number of anilines is 1. The molecule has 0 amide bonds. The SMILES string of the molecule is CCC(NC(=S)Nc1c(C(C)C)cccc1C(C)C)C(C)(C)C. The van der Waals surface area contributed by atoms with Crippen molar-refractivity contribution in [3.63, 3.8) is 0 Å². The van der Waals surface area contributed by atoms with Crippen molar-refractivity contribution in [1.29, 1.82) is 0 Å². The number of nitrogens with one attached hydrogen (secondary N) is 2. The maximum Gasteiger partial charge on any atom is 0.171 e. The Morgan fingerprint density at radius 3 is 1.87 bits per heavy atom. The third kappa shape index (κ3) is 5.49. The molecule has 0 radical (unpaired) electrons. The minimum absolute atomic E-state index is 0.179. The van der Waals surface area contributed by atoms with Crippen molar-refractivity contribution in [3.8, 4) is 0 Å². The topological polar surface area (TPSA) is 24.1 Å². The highest BCUT2D eigenvalue weighted by molar-refractivity contribution is 7.80. The van der Waals surface area contributed by atoms with Gasteiger partial charge in [-0.25, -0.2) is 0 Å². The van der Waals surface area contributed by atoms with Gasteiger partial charge in [-0.3, -0.25) is 0 Å². The number of rotatable bonds is 5. The zero-order chi connectivity index (χ0) is 17.8. The van der Waals surface area contributed by atoms with Crippen LogP contribution in [0, 0.1) is 5.41 Å². The van der Waals surface area contributed by atoms with Crippen LogP contribution in [0.25, 0.3) is 0 Å². The second kappa shape index (κ2) is 8.14. The second-order valence-electron chi connectivity index (χ2n) is 8.05. The number of hydrogen-bond donors (Lipinski definition) is 2. The number of para-hydroxylation sites is 1. The monoisotopic (exact) mass is 334 g/mol. The van der Waals surface area contributed by atoms with E-state index < -0.39 is 0 Å². The minimum Gasteiger partial charge on any atom is -0.359 e. The quantitative estimate of drug-likeness (QED) is 0.641. The van der Waals surface area contributed by atoms with Crippen molar-refractivity contribution in [3.05, 3.63) is 29.3 Å². The Balaban J connectivity index is 3.05. The van der Waals surface area contributed by atoms with Crippen molar-refractivity contribution < 1.29 is 0 Å². The van der Waals surface area contributed by atoms with Gasteiger partial charge in [-0.15, -0.1) is 0 Å². The summed E-state index contributed by atoms with van der Waals surface area (Å²) in [5.41, 5.74) is 4.01. The maximum atomic E-state index is 5.62. The van der Waals surface area contributed by atoms with Crippen LogP contribution in [-0.4, -0.2) is 11.2 Å². The van der Waals surface area contributed by atoms with Crippen LogP contribution in [0.5, 0.6) is 0 Å². The van der Waals surface area contributed by atoms with E-state index in [1.165, 1.54) is 16.8 Å². The molecule has 1 unspecified atom stereocenters. The molecule has 1 aromatic carbocycles. The summed E-state index contributed by atoms with van der Waals surface area (Å²) < 4.78 is 0. The molecule has 1 rings (SSSR count). The van der Waals surface area contributed by atoms with Gasteiger partial charge in [0.25, 0.3) is 0 Å². The van der Waals surface area contributed by atoms with Gasteiger partial charge in [-0.1, -0.05) is 73.6 Å². The van der Waals surface area contributed by atoms with E-state index in [2.05, 4.69) is 84.2 Å². The highest BCUT2D eigenvalue weighted by Gasteiger charge is 2.24. The van der Waals surface area contributed by atoms with Gasteiger partial charge in [0.15, 0.2) is 5.11 Å². The van der Waals surface area contributed by atoms with Gasteiger partial charge in [0.2, 0.25) is 0 Å². The molecule has 0 saturated carbocycles. The first kappa shape index (κ1) is 20.0. The molecule has 0 spiro atoms. The molecule has 0 aliphatic rings. The summed E-state index contributed by atoms with van der Waals surface area (Å²) in [6.45, 7) is 17.9. The number of hydrogen-bond acceptors (Lipinski definition) is 1. The molecule has 0 heterocycles. The summed E-state index contributed by atoms with van der Waals surface area (Å²) in [6, 6.07) is 6.90. The second-order valence-corrected chi connectivity index (χ2v) is 8.45. The molecule has 2 nitrogen and oxygen atoms in total. The first-order chi connectivity index (χ1) is 10.6. The highest BCUT2D eigenvalue weighted by Crippen LogP contribution is 2.32. The van der Waals surface area contributed by atoms with E-state index in [-0.39, 0.29) is 5.41 Å². The van der Waals surface area contributed by atoms with Gasteiger partial charge in [0, 0.05) is 11.7 Å². The number of benzene rings is 1. The van der Waals surface area contributed by atoms with Crippen molar-refractivity contribution >= 4 is 23.0 Å². The van der Waals surface area contributed by atoms with E-state index in [1.807, 2.05) is 0 Å². The average molecular weight is 335 g/mol. The van der Waals surface area contributed by atoms with Crippen LogP contribution in [-0.2, 0) is 0 Å². The van der Waals surface area contributed by atoms with Gasteiger partial charge in [-0.05, 0) is 47.0 Å². The predicted octanol–water partition coefficient (Wildman–Crippen LogP) is 6.04. The molecule has 3 heteroatoms. The van der Waals surface area contributed by atoms with Crippen molar-refractivity contribution in [2.45, 2.75) is 79.7 Å². The number of thiocarbonyl (C=S) groups is 1. The molecule has 0 bridgehead atoms. The van der Waals surface area contributed by atoms with Crippen molar-refractivity contribution in [1.82, 2.24) is 5.32 Å². The molecule has 0 fully saturated rings. The van der Waals surface area contributed by atoms with Crippen LogP contribution in [0.4, 0.5) is 5.69 Å². The lowest BCUT2D eigenvalue weighted by Crippen LogP contribution is -2.45. The van der Waals surface area contributed by atoms with Crippen LogP contribution in [0.2, 0.25) is 0 Å². The Kier molecular flexibility index (Phi) is 7.06. The predicted molar refractivity (Wildman–Crippen MR) is 108 cm³/mol. The summed E-state index contributed by atoms with van der Waals surface area (Å²) in [7, 11) is 0. The van der Waals surface area contributed by atoms with E-state index in [0.717, 1.165) is 11.5 Å². The zero-order valence-electron chi connectivity index (χ0n) is 16.1. The summed E-state index contributed by atoms with van der Waals surface area (Å²) in [6.07, 6.45) is 1.05. The van der Waals surface area contributed by atoms with Gasteiger partial charge >= 0.3 is 0 Å². The first-order valence-electron chi connectivity index (χ1n) is 8.78. The third-order valence-electron chi connectivity index (χ3n) is 4.37. The summed E-state index contributed by atoms with van der Waals surface area (Å²) >= 11 is 5.62. The lowest BCUT2D eigenvalue weighted by atomic mass is 9.85. The summed E-state index contributed by atoms with van der Waals surface area (Å²) in [5, 5.41) is 7.73. The normalized spacial score (nSPS) is 13.3. The molecular formula is C20H34N2S. The first-order valence-corrected chi connectivity index (χ1v) is 9.19. The standard InChI is InChI=1S/C20H34N2S/c1-9-17(20(6,7)8)21-19(23)22-18-15(13(2)3)11-10-12-16(18)14(4)5/h10-14,17H,9H2,1-8H3,(H2,21,22,23). The Morgan fingerprint density at radius 2 is 1.52 bits per heavy atom.